The maximum atomic E-state index is 6.18. The molecule has 4 rings (SSSR count). The van der Waals surface area contributed by atoms with Crippen molar-refractivity contribution in [2.45, 2.75) is 0 Å². The van der Waals surface area contributed by atoms with Crippen molar-refractivity contribution in [1.82, 2.24) is 4.98 Å². The van der Waals surface area contributed by atoms with Crippen molar-refractivity contribution in [3.05, 3.63) is 52.0 Å². The molecule has 116 valence electrons. The zero-order valence-corrected chi connectivity index (χ0v) is 14.0. The number of nitrogens with one attached hydrogen (secondary N) is 1. The fourth-order valence-corrected chi connectivity index (χ4v) is 3.25. The summed E-state index contributed by atoms with van der Waals surface area (Å²) in [6, 6.07) is 9.29. The van der Waals surface area contributed by atoms with E-state index in [2.05, 4.69) is 10.3 Å². The molecule has 2 heterocycles. The monoisotopic (exact) mass is 364 g/mol. The number of anilines is 2. The third-order valence-corrected chi connectivity index (χ3v) is 4.85. The Morgan fingerprint density at radius 1 is 1.09 bits per heavy atom. The molecule has 1 aromatic heterocycles. The molecule has 1 N–H and O–H groups in total. The number of hydrogen-bond donors (Lipinski definition) is 1. The van der Waals surface area contributed by atoms with Gasteiger partial charge in [0.25, 0.3) is 0 Å². The van der Waals surface area contributed by atoms with E-state index in [9.17, 15) is 0 Å². The highest BCUT2D eigenvalue weighted by molar-refractivity contribution is 7.13. The molecule has 0 amide bonds. The van der Waals surface area contributed by atoms with Crippen molar-refractivity contribution in [3.63, 3.8) is 0 Å². The normalized spacial score (nSPS) is 12.4. The lowest BCUT2D eigenvalue weighted by Gasteiger charge is -2.14. The van der Waals surface area contributed by atoms with Gasteiger partial charge in [-0.2, -0.15) is 0 Å². The molecule has 0 bridgehead atoms. The Kier molecular flexibility index (Phi) is 3.77. The molecule has 0 atom stereocenters. The Hall–Kier alpha value is -1.95. The SMILES string of the molecule is Clc1ccc(-c2c(Nc3nccs3)ccc3c2OCO3)cc1Cl. The van der Waals surface area contributed by atoms with Gasteiger partial charge in [0.05, 0.1) is 21.3 Å². The minimum atomic E-state index is 0.199. The fourth-order valence-electron chi connectivity index (χ4n) is 2.42. The van der Waals surface area contributed by atoms with Crippen molar-refractivity contribution in [1.29, 1.82) is 0 Å². The van der Waals surface area contributed by atoms with Gasteiger partial charge in [0.1, 0.15) is 0 Å². The van der Waals surface area contributed by atoms with Crippen LogP contribution in [0, 0.1) is 0 Å². The highest BCUT2D eigenvalue weighted by Gasteiger charge is 2.23. The topological polar surface area (TPSA) is 43.4 Å². The highest BCUT2D eigenvalue weighted by atomic mass is 35.5. The Labute approximate surface area is 146 Å². The first-order valence-electron chi connectivity index (χ1n) is 6.77. The van der Waals surface area contributed by atoms with Gasteiger partial charge >= 0.3 is 0 Å². The van der Waals surface area contributed by atoms with Crippen molar-refractivity contribution in [2.24, 2.45) is 0 Å². The number of thiazole rings is 1. The molecular weight excluding hydrogens is 355 g/mol. The summed E-state index contributed by atoms with van der Waals surface area (Å²) in [5, 5.41) is 7.01. The lowest BCUT2D eigenvalue weighted by molar-refractivity contribution is 0.174. The zero-order chi connectivity index (χ0) is 15.8. The van der Waals surface area contributed by atoms with E-state index >= 15 is 0 Å². The number of aromatic nitrogens is 1. The molecule has 23 heavy (non-hydrogen) atoms. The molecular formula is C16H10Cl2N2O2S. The first kappa shape index (κ1) is 14.6. The van der Waals surface area contributed by atoms with Crippen LogP contribution in [0.25, 0.3) is 11.1 Å². The average Bonchev–Trinajstić information content (AvgIpc) is 3.21. The Bertz CT molecular complexity index is 869. The minimum absolute atomic E-state index is 0.199. The van der Waals surface area contributed by atoms with Gasteiger partial charge in [0.15, 0.2) is 16.6 Å². The van der Waals surface area contributed by atoms with E-state index in [4.69, 9.17) is 32.7 Å². The van der Waals surface area contributed by atoms with Crippen LogP contribution in [0.5, 0.6) is 11.5 Å². The molecule has 1 aliphatic heterocycles. The second-order valence-electron chi connectivity index (χ2n) is 4.81. The van der Waals surface area contributed by atoms with E-state index in [-0.39, 0.29) is 6.79 Å². The number of hydrogen-bond acceptors (Lipinski definition) is 5. The predicted octanol–water partition coefficient (Wildman–Crippen LogP) is 5.59. The van der Waals surface area contributed by atoms with Gasteiger partial charge in [-0.3, -0.25) is 0 Å². The first-order valence-corrected chi connectivity index (χ1v) is 8.40. The summed E-state index contributed by atoms with van der Waals surface area (Å²) in [7, 11) is 0. The molecule has 0 aliphatic carbocycles. The molecule has 0 saturated heterocycles. The summed E-state index contributed by atoms with van der Waals surface area (Å²) in [5.41, 5.74) is 2.62. The molecule has 0 fully saturated rings. The largest absolute Gasteiger partial charge is 0.454 e. The number of rotatable bonds is 3. The highest BCUT2D eigenvalue weighted by Crippen LogP contribution is 2.47. The summed E-state index contributed by atoms with van der Waals surface area (Å²) >= 11 is 13.7. The third-order valence-electron chi connectivity index (χ3n) is 3.42. The Balaban J connectivity index is 1.88. The van der Waals surface area contributed by atoms with E-state index < -0.39 is 0 Å². The molecule has 2 aromatic carbocycles. The molecule has 0 unspecified atom stereocenters. The van der Waals surface area contributed by atoms with E-state index in [1.54, 1.807) is 12.3 Å². The van der Waals surface area contributed by atoms with Crippen LogP contribution in [0.15, 0.2) is 41.9 Å². The zero-order valence-electron chi connectivity index (χ0n) is 11.7. The first-order chi connectivity index (χ1) is 11.2. The van der Waals surface area contributed by atoms with E-state index in [0.29, 0.717) is 21.5 Å². The molecule has 0 saturated carbocycles. The number of ether oxygens (including phenoxy) is 2. The van der Waals surface area contributed by atoms with Gasteiger partial charge in [-0.1, -0.05) is 29.3 Å². The second-order valence-corrected chi connectivity index (χ2v) is 6.52. The van der Waals surface area contributed by atoms with Crippen LogP contribution in [-0.2, 0) is 0 Å². The molecule has 4 nitrogen and oxygen atoms in total. The number of benzene rings is 2. The quantitative estimate of drug-likeness (QED) is 0.657. The molecule has 7 heteroatoms. The van der Waals surface area contributed by atoms with Gasteiger partial charge in [0.2, 0.25) is 6.79 Å². The van der Waals surface area contributed by atoms with Gasteiger partial charge in [-0.25, -0.2) is 4.98 Å². The number of nitrogens with zero attached hydrogens (tertiary/aromatic N) is 1. The molecule has 1 aliphatic rings. The van der Waals surface area contributed by atoms with Crippen molar-refractivity contribution >= 4 is 45.4 Å². The van der Waals surface area contributed by atoms with Gasteiger partial charge in [0, 0.05) is 11.6 Å². The summed E-state index contributed by atoms with van der Waals surface area (Å²) in [6.45, 7) is 0.199. The Morgan fingerprint density at radius 2 is 2.00 bits per heavy atom. The van der Waals surface area contributed by atoms with Crippen molar-refractivity contribution in [3.8, 4) is 22.6 Å². The second kappa shape index (κ2) is 5.92. The fraction of sp³-hybridized carbons (Fsp3) is 0.0625. The Morgan fingerprint density at radius 3 is 2.78 bits per heavy atom. The maximum Gasteiger partial charge on any atom is 0.231 e. The van der Waals surface area contributed by atoms with Crippen LogP contribution >= 0.6 is 34.5 Å². The van der Waals surface area contributed by atoms with Crippen molar-refractivity contribution < 1.29 is 9.47 Å². The van der Waals surface area contributed by atoms with Gasteiger partial charge in [-0.05, 0) is 29.8 Å². The average molecular weight is 365 g/mol. The molecule has 3 aromatic rings. The lowest BCUT2D eigenvalue weighted by Crippen LogP contribution is -1.96. The number of fused-ring (bicyclic) bond motifs is 1. The third kappa shape index (κ3) is 2.72. The van der Waals surface area contributed by atoms with Crippen LogP contribution < -0.4 is 14.8 Å². The van der Waals surface area contributed by atoms with Crippen LogP contribution in [0.2, 0.25) is 10.0 Å². The summed E-state index contributed by atoms with van der Waals surface area (Å²) in [4.78, 5) is 4.26. The minimum Gasteiger partial charge on any atom is -0.454 e. The standard InChI is InChI=1S/C16H10Cl2N2O2S/c17-10-2-1-9(7-11(10)18)14-12(20-16-19-5-6-23-16)3-4-13-15(14)22-8-21-13/h1-7H,8H2,(H,19,20). The summed E-state index contributed by atoms with van der Waals surface area (Å²) < 4.78 is 11.1. The summed E-state index contributed by atoms with van der Waals surface area (Å²) in [5.74, 6) is 1.39. The smallest absolute Gasteiger partial charge is 0.231 e. The van der Waals surface area contributed by atoms with Crippen molar-refractivity contribution in [2.75, 3.05) is 12.1 Å². The number of halogens is 2. The molecule has 0 spiro atoms. The van der Waals surface area contributed by atoms with Gasteiger partial charge in [-0.15, -0.1) is 11.3 Å². The van der Waals surface area contributed by atoms with Crippen LogP contribution in [-0.4, -0.2) is 11.8 Å². The van der Waals surface area contributed by atoms with Crippen LogP contribution in [0.1, 0.15) is 0 Å². The molecule has 0 radical (unpaired) electrons. The van der Waals surface area contributed by atoms with Crippen LogP contribution in [0.3, 0.4) is 0 Å². The lowest BCUT2D eigenvalue weighted by atomic mass is 10.0. The van der Waals surface area contributed by atoms with E-state index in [1.807, 2.05) is 29.6 Å². The van der Waals surface area contributed by atoms with Crippen LogP contribution in [0.4, 0.5) is 10.8 Å². The summed E-state index contributed by atoms with van der Waals surface area (Å²) in [6.07, 6.45) is 1.75. The maximum absolute atomic E-state index is 6.18. The van der Waals surface area contributed by atoms with Gasteiger partial charge < -0.3 is 14.8 Å². The predicted molar refractivity (Wildman–Crippen MR) is 93.4 cm³/mol. The van der Waals surface area contributed by atoms with E-state index in [1.165, 1.54) is 11.3 Å². The van der Waals surface area contributed by atoms with E-state index in [0.717, 1.165) is 21.9 Å².